The maximum absolute atomic E-state index is 11.4. The number of hydrogen-bond donors (Lipinski definition) is 2. The first-order valence-electron chi connectivity index (χ1n) is 4.93. The number of rotatable bonds is 6. The van der Waals surface area contributed by atoms with Gasteiger partial charge in [0.2, 0.25) is 11.8 Å². The van der Waals surface area contributed by atoms with Crippen molar-refractivity contribution in [2.75, 3.05) is 33.7 Å². The van der Waals surface area contributed by atoms with Crippen molar-refractivity contribution in [2.45, 2.75) is 13.3 Å². The lowest BCUT2D eigenvalue weighted by Crippen LogP contribution is -2.39. The molecule has 3 N–H and O–H groups in total. The van der Waals surface area contributed by atoms with Crippen LogP contribution in [0.4, 0.5) is 0 Å². The monoisotopic (exact) mass is 216 g/mol. The summed E-state index contributed by atoms with van der Waals surface area (Å²) >= 11 is 0. The average Bonchev–Trinajstić information content (AvgIpc) is 2.22. The van der Waals surface area contributed by atoms with Gasteiger partial charge in [0.25, 0.3) is 0 Å². The summed E-state index contributed by atoms with van der Waals surface area (Å²) in [6, 6.07) is 0. The van der Waals surface area contributed by atoms with E-state index in [-0.39, 0.29) is 11.8 Å². The maximum Gasteiger partial charge on any atom is 0.236 e. The van der Waals surface area contributed by atoms with E-state index in [0.717, 1.165) is 6.54 Å². The molecule has 2 amide bonds. The van der Waals surface area contributed by atoms with Gasteiger partial charge >= 0.3 is 0 Å². The van der Waals surface area contributed by atoms with Gasteiger partial charge in [-0.3, -0.25) is 19.9 Å². The molecule has 0 unspecified atom stereocenters. The molecule has 0 saturated carbocycles. The van der Waals surface area contributed by atoms with Crippen molar-refractivity contribution in [1.82, 2.24) is 15.2 Å². The molecule has 0 rings (SSSR count). The topological polar surface area (TPSA) is 78.7 Å². The lowest BCUT2D eigenvalue weighted by molar-refractivity contribution is -0.130. The highest BCUT2D eigenvalue weighted by Crippen LogP contribution is 1.93. The van der Waals surface area contributed by atoms with Gasteiger partial charge in [0.15, 0.2) is 0 Å². The van der Waals surface area contributed by atoms with Crippen LogP contribution in [0.25, 0.3) is 0 Å². The molecule has 0 heterocycles. The van der Waals surface area contributed by atoms with E-state index in [1.165, 1.54) is 4.90 Å². The van der Waals surface area contributed by atoms with Crippen LogP contribution in [0.15, 0.2) is 0 Å². The number of hydrazine groups is 1. The van der Waals surface area contributed by atoms with E-state index >= 15 is 0 Å². The molecule has 0 saturated heterocycles. The first-order chi connectivity index (χ1) is 7.01. The Bertz CT molecular complexity index is 218. The SMILES string of the molecule is CCN(CCC(=O)NN)CC(=O)N(C)C. The molecule has 0 aliphatic heterocycles. The van der Waals surface area contributed by atoms with Gasteiger partial charge in [-0.15, -0.1) is 0 Å². The van der Waals surface area contributed by atoms with Crippen LogP contribution < -0.4 is 11.3 Å². The highest BCUT2D eigenvalue weighted by atomic mass is 16.2. The van der Waals surface area contributed by atoms with Crippen LogP contribution in [0.5, 0.6) is 0 Å². The molecule has 0 bridgehead atoms. The van der Waals surface area contributed by atoms with Gasteiger partial charge in [-0.1, -0.05) is 6.92 Å². The molecule has 0 fully saturated rings. The fourth-order valence-electron chi connectivity index (χ4n) is 1.01. The molecule has 0 spiro atoms. The summed E-state index contributed by atoms with van der Waals surface area (Å²) in [4.78, 5) is 25.7. The summed E-state index contributed by atoms with van der Waals surface area (Å²) in [6.45, 7) is 3.56. The van der Waals surface area contributed by atoms with Gasteiger partial charge in [0.1, 0.15) is 0 Å². The van der Waals surface area contributed by atoms with Crippen molar-refractivity contribution >= 4 is 11.8 Å². The number of carbonyl (C=O) groups is 2. The zero-order valence-corrected chi connectivity index (χ0v) is 9.62. The Labute approximate surface area is 90.4 Å². The molecule has 15 heavy (non-hydrogen) atoms. The Morgan fingerprint density at radius 1 is 1.33 bits per heavy atom. The van der Waals surface area contributed by atoms with E-state index in [4.69, 9.17) is 5.84 Å². The van der Waals surface area contributed by atoms with E-state index in [1.54, 1.807) is 14.1 Å². The van der Waals surface area contributed by atoms with E-state index in [9.17, 15) is 9.59 Å². The third-order valence-corrected chi connectivity index (χ3v) is 2.12. The van der Waals surface area contributed by atoms with Gasteiger partial charge in [0.05, 0.1) is 6.54 Å². The summed E-state index contributed by atoms with van der Waals surface area (Å²) in [5.74, 6) is 4.77. The fraction of sp³-hybridized carbons (Fsp3) is 0.778. The number of nitrogens with two attached hydrogens (primary N) is 1. The number of likely N-dealkylation sites (N-methyl/N-ethyl adjacent to an activating group) is 2. The minimum absolute atomic E-state index is 0.0324. The van der Waals surface area contributed by atoms with Crippen LogP contribution in [-0.2, 0) is 9.59 Å². The van der Waals surface area contributed by atoms with Crippen LogP contribution in [0.1, 0.15) is 13.3 Å². The summed E-state index contributed by atoms with van der Waals surface area (Å²) in [5, 5.41) is 0. The molecule has 0 aromatic heterocycles. The number of amides is 2. The molecule has 0 aromatic rings. The van der Waals surface area contributed by atoms with Gasteiger partial charge in [0, 0.05) is 27.1 Å². The molecule has 0 atom stereocenters. The van der Waals surface area contributed by atoms with Crippen LogP contribution >= 0.6 is 0 Å². The van der Waals surface area contributed by atoms with Gasteiger partial charge in [-0.05, 0) is 6.54 Å². The quantitative estimate of drug-likeness (QED) is 0.331. The largest absolute Gasteiger partial charge is 0.348 e. The zero-order valence-electron chi connectivity index (χ0n) is 9.62. The van der Waals surface area contributed by atoms with Crippen molar-refractivity contribution < 1.29 is 9.59 Å². The van der Waals surface area contributed by atoms with Crippen molar-refractivity contribution in [3.8, 4) is 0 Å². The average molecular weight is 216 g/mol. The van der Waals surface area contributed by atoms with Gasteiger partial charge < -0.3 is 4.90 Å². The molecule has 0 aliphatic carbocycles. The summed E-state index contributed by atoms with van der Waals surface area (Å²) in [5.41, 5.74) is 2.06. The third kappa shape index (κ3) is 6.03. The Morgan fingerprint density at radius 3 is 2.33 bits per heavy atom. The molecule has 6 heteroatoms. The van der Waals surface area contributed by atoms with Crippen LogP contribution in [-0.4, -0.2) is 55.3 Å². The first-order valence-corrected chi connectivity index (χ1v) is 4.93. The van der Waals surface area contributed by atoms with Crippen molar-refractivity contribution in [1.29, 1.82) is 0 Å². The van der Waals surface area contributed by atoms with Crippen molar-refractivity contribution in [3.05, 3.63) is 0 Å². The predicted octanol–water partition coefficient (Wildman–Crippen LogP) is -1.22. The number of nitrogens with one attached hydrogen (secondary N) is 1. The fourth-order valence-corrected chi connectivity index (χ4v) is 1.01. The maximum atomic E-state index is 11.4. The van der Waals surface area contributed by atoms with Gasteiger partial charge in [-0.25, -0.2) is 5.84 Å². The third-order valence-electron chi connectivity index (χ3n) is 2.12. The second-order valence-electron chi connectivity index (χ2n) is 3.47. The second-order valence-corrected chi connectivity index (χ2v) is 3.47. The summed E-state index contributed by atoms with van der Waals surface area (Å²) in [6.07, 6.45) is 0.311. The van der Waals surface area contributed by atoms with Crippen LogP contribution in [0.3, 0.4) is 0 Å². The molecule has 88 valence electrons. The van der Waals surface area contributed by atoms with Crippen LogP contribution in [0, 0.1) is 0 Å². The number of carbonyl (C=O) groups excluding carboxylic acids is 2. The lowest BCUT2D eigenvalue weighted by Gasteiger charge is -2.21. The highest BCUT2D eigenvalue weighted by Gasteiger charge is 2.11. The molecule has 0 radical (unpaired) electrons. The van der Waals surface area contributed by atoms with E-state index in [1.807, 2.05) is 11.8 Å². The normalized spacial score (nSPS) is 10.2. The lowest BCUT2D eigenvalue weighted by atomic mass is 10.3. The van der Waals surface area contributed by atoms with E-state index < -0.39 is 0 Å². The smallest absolute Gasteiger partial charge is 0.236 e. The van der Waals surface area contributed by atoms with Crippen molar-refractivity contribution in [3.63, 3.8) is 0 Å². The molecule has 0 aliphatic rings. The number of hydrogen-bond acceptors (Lipinski definition) is 4. The Kier molecular flexibility index (Phi) is 6.64. The Hall–Kier alpha value is -1.14. The van der Waals surface area contributed by atoms with Crippen LogP contribution in [0.2, 0.25) is 0 Å². The molecular weight excluding hydrogens is 196 g/mol. The molecular formula is C9H20N4O2. The van der Waals surface area contributed by atoms with Crippen molar-refractivity contribution in [2.24, 2.45) is 5.84 Å². The minimum atomic E-state index is -0.217. The van der Waals surface area contributed by atoms with E-state index in [0.29, 0.717) is 19.5 Å². The highest BCUT2D eigenvalue weighted by molar-refractivity contribution is 5.78. The summed E-state index contributed by atoms with van der Waals surface area (Å²) in [7, 11) is 3.42. The molecule has 6 nitrogen and oxygen atoms in total. The summed E-state index contributed by atoms with van der Waals surface area (Å²) < 4.78 is 0. The Morgan fingerprint density at radius 2 is 1.93 bits per heavy atom. The van der Waals surface area contributed by atoms with Gasteiger partial charge in [-0.2, -0.15) is 0 Å². The predicted molar refractivity (Wildman–Crippen MR) is 57.8 cm³/mol. The standard InChI is InChI=1S/C9H20N4O2/c1-4-13(6-5-8(14)11-10)7-9(15)12(2)3/h4-7,10H2,1-3H3,(H,11,14). The Balaban J connectivity index is 3.93. The van der Waals surface area contributed by atoms with E-state index in [2.05, 4.69) is 5.43 Å². The first kappa shape index (κ1) is 13.9. The molecule has 0 aromatic carbocycles. The minimum Gasteiger partial charge on any atom is -0.348 e. The second kappa shape index (κ2) is 7.19. The zero-order chi connectivity index (χ0) is 11.8. The number of nitrogens with zero attached hydrogens (tertiary/aromatic N) is 2.